The van der Waals surface area contributed by atoms with Gasteiger partial charge in [0.05, 0.1) is 4.90 Å². The van der Waals surface area contributed by atoms with Gasteiger partial charge in [0, 0.05) is 43.9 Å². The number of amides is 1. The minimum atomic E-state index is -3.44. The molecule has 0 radical (unpaired) electrons. The number of carbonyl (C=O) groups is 1. The maximum Gasteiger partial charge on any atom is 0.243 e. The fourth-order valence-electron chi connectivity index (χ4n) is 3.08. The average Bonchev–Trinajstić information content (AvgIpc) is 3.06. The van der Waals surface area contributed by atoms with E-state index in [4.69, 9.17) is 0 Å². The van der Waals surface area contributed by atoms with E-state index >= 15 is 0 Å². The van der Waals surface area contributed by atoms with Crippen LogP contribution in [0.25, 0.3) is 0 Å². The minimum Gasteiger partial charge on any atom is -0.365 e. The third-order valence-corrected chi connectivity index (χ3v) is 6.34. The van der Waals surface area contributed by atoms with Crippen molar-refractivity contribution in [2.45, 2.75) is 49.6 Å². The second-order valence-corrected chi connectivity index (χ2v) is 8.07. The van der Waals surface area contributed by atoms with E-state index in [1.54, 1.807) is 6.07 Å². The summed E-state index contributed by atoms with van der Waals surface area (Å²) in [4.78, 5) is 15.9. The molecule has 126 valence electrons. The summed E-state index contributed by atoms with van der Waals surface area (Å²) in [7, 11) is -3.44. The molecule has 0 aliphatic carbocycles. The molecule has 2 atom stereocenters. The van der Waals surface area contributed by atoms with Crippen molar-refractivity contribution in [3.63, 3.8) is 0 Å². The molecule has 2 saturated heterocycles. The molecule has 2 unspecified atom stereocenters. The number of hydrogen-bond donors (Lipinski definition) is 2. The molecule has 0 saturated carbocycles. The Kier molecular flexibility index (Phi) is 4.54. The first-order valence-electron chi connectivity index (χ1n) is 7.99. The van der Waals surface area contributed by atoms with Gasteiger partial charge < -0.3 is 10.6 Å². The normalized spacial score (nSPS) is 26.0. The number of anilines is 1. The van der Waals surface area contributed by atoms with Crippen molar-refractivity contribution in [3.8, 4) is 0 Å². The fraction of sp³-hybridized carbons (Fsp3) is 0.600. The zero-order chi connectivity index (χ0) is 16.4. The van der Waals surface area contributed by atoms with E-state index in [9.17, 15) is 13.2 Å². The first-order chi connectivity index (χ1) is 11.0. The largest absolute Gasteiger partial charge is 0.365 e. The molecule has 1 aromatic heterocycles. The number of aromatic nitrogens is 1. The summed E-state index contributed by atoms with van der Waals surface area (Å²) in [6, 6.07) is 3.14. The van der Waals surface area contributed by atoms with Crippen molar-refractivity contribution in [3.05, 3.63) is 18.3 Å². The lowest BCUT2D eigenvalue weighted by atomic mass is 9.99. The molecule has 2 fully saturated rings. The number of piperidine rings is 1. The Labute approximate surface area is 136 Å². The van der Waals surface area contributed by atoms with Crippen LogP contribution in [0.2, 0.25) is 0 Å². The van der Waals surface area contributed by atoms with Crippen LogP contribution in [0.3, 0.4) is 0 Å². The lowest BCUT2D eigenvalue weighted by Crippen LogP contribution is -2.49. The quantitative estimate of drug-likeness (QED) is 0.853. The molecule has 0 bridgehead atoms. The second-order valence-electron chi connectivity index (χ2n) is 6.13. The van der Waals surface area contributed by atoms with Crippen LogP contribution < -0.4 is 10.6 Å². The zero-order valence-corrected chi connectivity index (χ0v) is 14.0. The first kappa shape index (κ1) is 16.2. The van der Waals surface area contributed by atoms with Crippen LogP contribution in [0.5, 0.6) is 0 Å². The maximum atomic E-state index is 12.6. The fourth-order valence-corrected chi connectivity index (χ4v) is 4.61. The predicted molar refractivity (Wildman–Crippen MR) is 86.5 cm³/mol. The summed E-state index contributed by atoms with van der Waals surface area (Å²) in [6.45, 7) is 3.10. The van der Waals surface area contributed by atoms with Gasteiger partial charge in [-0.15, -0.1) is 0 Å². The van der Waals surface area contributed by atoms with Gasteiger partial charge in [0.25, 0.3) is 0 Å². The summed E-state index contributed by atoms with van der Waals surface area (Å²) < 4.78 is 26.7. The van der Waals surface area contributed by atoms with Crippen LogP contribution in [0.1, 0.15) is 32.6 Å². The molecule has 2 aliphatic heterocycles. The highest BCUT2D eigenvalue weighted by Crippen LogP contribution is 2.23. The van der Waals surface area contributed by atoms with Gasteiger partial charge in [0.2, 0.25) is 15.9 Å². The van der Waals surface area contributed by atoms with E-state index in [1.165, 1.54) is 16.6 Å². The summed E-state index contributed by atoms with van der Waals surface area (Å²) in [6.07, 6.45) is 4.51. The Morgan fingerprint density at radius 1 is 1.35 bits per heavy atom. The molecule has 23 heavy (non-hydrogen) atoms. The Morgan fingerprint density at radius 3 is 2.78 bits per heavy atom. The van der Waals surface area contributed by atoms with Crippen LogP contribution >= 0.6 is 0 Å². The molecular weight excluding hydrogens is 316 g/mol. The van der Waals surface area contributed by atoms with Gasteiger partial charge >= 0.3 is 0 Å². The summed E-state index contributed by atoms with van der Waals surface area (Å²) in [5, 5.41) is 6.13. The molecule has 0 aromatic carbocycles. The van der Waals surface area contributed by atoms with E-state index < -0.39 is 10.0 Å². The van der Waals surface area contributed by atoms with Crippen molar-refractivity contribution in [2.75, 3.05) is 18.4 Å². The Morgan fingerprint density at radius 2 is 2.09 bits per heavy atom. The molecule has 1 aromatic rings. The standard InChI is InChI=1S/C15H22N4O3S/c1-11-13(4-5-15(20)17-11)18-14-10-12(6-7-16-14)23(21,22)19-8-2-3-9-19/h6-7,10-11,13H,2-5,8-9H2,1H3,(H,16,18)(H,17,20). The van der Waals surface area contributed by atoms with Crippen molar-refractivity contribution in [1.82, 2.24) is 14.6 Å². The maximum absolute atomic E-state index is 12.6. The highest BCUT2D eigenvalue weighted by molar-refractivity contribution is 7.89. The average molecular weight is 338 g/mol. The summed E-state index contributed by atoms with van der Waals surface area (Å²) >= 11 is 0. The smallest absolute Gasteiger partial charge is 0.243 e. The van der Waals surface area contributed by atoms with Crippen LogP contribution in [0.4, 0.5) is 5.82 Å². The second kappa shape index (κ2) is 6.45. The van der Waals surface area contributed by atoms with Crippen molar-refractivity contribution < 1.29 is 13.2 Å². The topological polar surface area (TPSA) is 91.4 Å². The van der Waals surface area contributed by atoms with E-state index in [0.717, 1.165) is 12.8 Å². The van der Waals surface area contributed by atoms with Crippen molar-refractivity contribution in [2.24, 2.45) is 0 Å². The van der Waals surface area contributed by atoms with Gasteiger partial charge in [-0.25, -0.2) is 13.4 Å². The molecule has 3 heterocycles. The van der Waals surface area contributed by atoms with Gasteiger partial charge in [-0.05, 0) is 32.3 Å². The third-order valence-electron chi connectivity index (χ3n) is 4.44. The van der Waals surface area contributed by atoms with Gasteiger partial charge in [0.15, 0.2) is 0 Å². The van der Waals surface area contributed by atoms with Crippen LogP contribution in [-0.4, -0.2) is 48.8 Å². The van der Waals surface area contributed by atoms with Gasteiger partial charge in [-0.2, -0.15) is 4.31 Å². The van der Waals surface area contributed by atoms with Crippen molar-refractivity contribution in [1.29, 1.82) is 0 Å². The van der Waals surface area contributed by atoms with Crippen LogP contribution in [0, 0.1) is 0 Å². The molecule has 7 nitrogen and oxygen atoms in total. The molecule has 0 spiro atoms. The summed E-state index contributed by atoms with van der Waals surface area (Å²) in [5.41, 5.74) is 0. The first-order valence-corrected chi connectivity index (χ1v) is 9.43. The van der Waals surface area contributed by atoms with Gasteiger partial charge in [-0.3, -0.25) is 4.79 Å². The van der Waals surface area contributed by atoms with Crippen LogP contribution in [0.15, 0.2) is 23.2 Å². The number of pyridine rings is 1. The minimum absolute atomic E-state index is 0.0168. The molecule has 8 heteroatoms. The Hall–Kier alpha value is -1.67. The number of sulfonamides is 1. The lowest BCUT2D eigenvalue weighted by molar-refractivity contribution is -0.123. The summed E-state index contributed by atoms with van der Waals surface area (Å²) in [5.74, 6) is 0.576. The van der Waals surface area contributed by atoms with E-state index in [1.807, 2.05) is 6.92 Å². The van der Waals surface area contributed by atoms with E-state index in [0.29, 0.717) is 31.7 Å². The number of nitrogens with one attached hydrogen (secondary N) is 2. The number of nitrogens with zero attached hydrogens (tertiary/aromatic N) is 2. The molecule has 2 N–H and O–H groups in total. The lowest BCUT2D eigenvalue weighted by Gasteiger charge is -2.30. The third kappa shape index (κ3) is 3.48. The SMILES string of the molecule is CC1NC(=O)CCC1Nc1cc(S(=O)(=O)N2CCCC2)ccn1. The highest BCUT2D eigenvalue weighted by atomic mass is 32.2. The molecular formula is C15H22N4O3S. The number of hydrogen-bond acceptors (Lipinski definition) is 5. The van der Waals surface area contributed by atoms with E-state index in [2.05, 4.69) is 15.6 Å². The van der Waals surface area contributed by atoms with Gasteiger partial charge in [-0.1, -0.05) is 0 Å². The molecule has 1 amide bonds. The Bertz CT molecular complexity index is 686. The van der Waals surface area contributed by atoms with Crippen molar-refractivity contribution >= 4 is 21.7 Å². The Balaban J connectivity index is 1.76. The number of rotatable bonds is 4. The van der Waals surface area contributed by atoms with Gasteiger partial charge in [0.1, 0.15) is 5.82 Å². The van der Waals surface area contributed by atoms with Crippen LogP contribution in [-0.2, 0) is 14.8 Å². The highest BCUT2D eigenvalue weighted by Gasteiger charge is 2.28. The zero-order valence-electron chi connectivity index (χ0n) is 13.2. The molecule has 2 aliphatic rings. The van der Waals surface area contributed by atoms with E-state index in [-0.39, 0.29) is 22.9 Å². The number of carbonyl (C=O) groups excluding carboxylic acids is 1. The predicted octanol–water partition coefficient (Wildman–Crippen LogP) is 0.945. The monoisotopic (exact) mass is 338 g/mol. The molecule has 3 rings (SSSR count).